The fraction of sp³-hybridized carbons (Fsp3) is 0.375. The van der Waals surface area contributed by atoms with Gasteiger partial charge in [0.15, 0.2) is 0 Å². The largest absolute Gasteiger partial charge is 0.497 e. The van der Waals surface area contributed by atoms with E-state index in [1.165, 1.54) is 0 Å². The molecule has 40 heavy (non-hydrogen) atoms. The highest BCUT2D eigenvalue weighted by molar-refractivity contribution is 6.36. The van der Waals surface area contributed by atoms with Crippen molar-refractivity contribution in [1.82, 2.24) is 10.2 Å². The van der Waals surface area contributed by atoms with Crippen molar-refractivity contribution in [2.24, 2.45) is 0 Å². The van der Waals surface area contributed by atoms with Gasteiger partial charge in [0.1, 0.15) is 17.5 Å². The predicted octanol–water partition coefficient (Wildman–Crippen LogP) is 6.86. The van der Waals surface area contributed by atoms with Crippen LogP contribution < -0.4 is 14.8 Å². The lowest BCUT2D eigenvalue weighted by Gasteiger charge is -2.33. The van der Waals surface area contributed by atoms with E-state index < -0.39 is 6.04 Å². The second-order valence-electron chi connectivity index (χ2n) is 10.0. The maximum Gasteiger partial charge on any atom is 0.243 e. The average molecular weight is 584 g/mol. The molecule has 3 aromatic rings. The van der Waals surface area contributed by atoms with Crippen LogP contribution in [-0.2, 0) is 22.6 Å². The fourth-order valence-electron chi connectivity index (χ4n) is 5.00. The van der Waals surface area contributed by atoms with E-state index in [2.05, 4.69) is 5.32 Å². The van der Waals surface area contributed by atoms with Crippen LogP contribution >= 0.6 is 23.2 Å². The summed E-state index contributed by atoms with van der Waals surface area (Å²) in [5, 5.41) is 4.14. The number of rotatable bonds is 13. The van der Waals surface area contributed by atoms with Crippen LogP contribution in [0.4, 0.5) is 0 Å². The van der Waals surface area contributed by atoms with E-state index in [9.17, 15) is 9.59 Å². The lowest BCUT2D eigenvalue weighted by atomic mass is 10.0. The molecule has 0 aliphatic heterocycles. The van der Waals surface area contributed by atoms with Crippen LogP contribution in [0.15, 0.2) is 72.8 Å². The Kier molecular flexibility index (Phi) is 11.1. The van der Waals surface area contributed by atoms with Gasteiger partial charge in [-0.25, -0.2) is 0 Å². The van der Waals surface area contributed by atoms with Gasteiger partial charge >= 0.3 is 0 Å². The van der Waals surface area contributed by atoms with Gasteiger partial charge < -0.3 is 19.7 Å². The van der Waals surface area contributed by atoms with Gasteiger partial charge in [-0.15, -0.1) is 0 Å². The molecular formula is C32H36Cl2N2O4. The standard InChI is InChI=1S/C32H36Cl2N2O4/c1-39-25-16-18-26(19-17-25)40-20-8-15-31(37)36(22-27-28(33)13-7-14-29(27)34)30(21-23-9-3-2-4-10-23)32(38)35-24-11-5-6-12-24/h2-4,7,9-10,13-14,16-19,24,30H,5-6,8,11-12,15,20-22H2,1H3,(H,35,38). The summed E-state index contributed by atoms with van der Waals surface area (Å²) in [5.74, 6) is 1.14. The predicted molar refractivity (Wildman–Crippen MR) is 159 cm³/mol. The number of nitrogens with one attached hydrogen (secondary N) is 1. The highest BCUT2D eigenvalue weighted by Gasteiger charge is 2.32. The second kappa shape index (κ2) is 15.0. The molecule has 3 aromatic carbocycles. The van der Waals surface area contributed by atoms with E-state index in [1.807, 2.05) is 54.6 Å². The minimum Gasteiger partial charge on any atom is -0.497 e. The normalized spacial score (nSPS) is 14.0. The van der Waals surface area contributed by atoms with Crippen LogP contribution in [0.1, 0.15) is 49.7 Å². The maximum atomic E-state index is 13.8. The molecule has 2 amide bonds. The number of carbonyl (C=O) groups is 2. The van der Waals surface area contributed by atoms with Gasteiger partial charge in [-0.1, -0.05) is 72.4 Å². The molecule has 1 N–H and O–H groups in total. The van der Waals surface area contributed by atoms with Crippen molar-refractivity contribution in [3.63, 3.8) is 0 Å². The van der Waals surface area contributed by atoms with Crippen molar-refractivity contribution in [2.45, 2.75) is 63.6 Å². The SMILES string of the molecule is COc1ccc(OCCCC(=O)N(Cc2c(Cl)cccc2Cl)C(Cc2ccccc2)C(=O)NC2CCCC2)cc1. The number of carbonyl (C=O) groups excluding carboxylic acids is 2. The summed E-state index contributed by atoms with van der Waals surface area (Å²) in [5.41, 5.74) is 1.60. The number of amides is 2. The lowest BCUT2D eigenvalue weighted by Crippen LogP contribution is -2.52. The summed E-state index contributed by atoms with van der Waals surface area (Å²) in [4.78, 5) is 29.2. The molecular weight excluding hydrogens is 547 g/mol. The number of hydrogen-bond acceptors (Lipinski definition) is 4. The van der Waals surface area contributed by atoms with Gasteiger partial charge in [-0.2, -0.15) is 0 Å². The fourth-order valence-corrected chi connectivity index (χ4v) is 5.52. The smallest absolute Gasteiger partial charge is 0.243 e. The minimum atomic E-state index is -0.717. The molecule has 0 aromatic heterocycles. The van der Waals surface area contributed by atoms with Gasteiger partial charge in [0.2, 0.25) is 11.8 Å². The maximum absolute atomic E-state index is 13.8. The summed E-state index contributed by atoms with van der Waals surface area (Å²) in [7, 11) is 1.61. The molecule has 0 spiro atoms. The minimum absolute atomic E-state index is 0.129. The summed E-state index contributed by atoms with van der Waals surface area (Å²) >= 11 is 13.0. The highest BCUT2D eigenvalue weighted by atomic mass is 35.5. The molecule has 212 valence electrons. The van der Waals surface area contributed by atoms with Crippen molar-refractivity contribution in [1.29, 1.82) is 0 Å². The molecule has 1 aliphatic carbocycles. The van der Waals surface area contributed by atoms with Gasteiger partial charge in [0.25, 0.3) is 0 Å². The molecule has 0 bridgehead atoms. The third-order valence-electron chi connectivity index (χ3n) is 7.23. The van der Waals surface area contributed by atoms with E-state index in [1.54, 1.807) is 30.2 Å². The molecule has 0 saturated heterocycles. The average Bonchev–Trinajstić information content (AvgIpc) is 3.48. The number of ether oxygens (including phenoxy) is 2. The first kappa shape index (κ1) is 29.8. The van der Waals surface area contributed by atoms with Gasteiger partial charge in [-0.3, -0.25) is 9.59 Å². The molecule has 0 heterocycles. The number of benzene rings is 3. The number of halogens is 2. The third-order valence-corrected chi connectivity index (χ3v) is 7.93. The quantitative estimate of drug-likeness (QED) is 0.223. The molecule has 4 rings (SSSR count). The van der Waals surface area contributed by atoms with E-state index in [4.69, 9.17) is 32.7 Å². The Morgan fingerprint density at radius 2 is 1.57 bits per heavy atom. The van der Waals surface area contributed by atoms with Crippen LogP contribution in [0.2, 0.25) is 10.0 Å². The first-order valence-corrected chi connectivity index (χ1v) is 14.5. The lowest BCUT2D eigenvalue weighted by molar-refractivity contribution is -0.141. The van der Waals surface area contributed by atoms with E-state index in [0.717, 1.165) is 37.0 Å². The number of hydrogen-bond donors (Lipinski definition) is 1. The summed E-state index contributed by atoms with van der Waals surface area (Å²) < 4.78 is 11.0. The zero-order chi connectivity index (χ0) is 28.3. The Balaban J connectivity index is 1.53. The Morgan fingerprint density at radius 3 is 2.23 bits per heavy atom. The Bertz CT molecular complexity index is 1230. The van der Waals surface area contributed by atoms with Crippen LogP contribution in [0, 0.1) is 0 Å². The van der Waals surface area contributed by atoms with Gasteiger partial charge in [0.05, 0.1) is 13.7 Å². The molecule has 1 unspecified atom stereocenters. The second-order valence-corrected chi connectivity index (χ2v) is 10.9. The summed E-state index contributed by atoms with van der Waals surface area (Å²) in [6, 6.07) is 21.8. The number of nitrogens with zero attached hydrogens (tertiary/aromatic N) is 1. The molecule has 1 saturated carbocycles. The van der Waals surface area contributed by atoms with E-state index in [-0.39, 0.29) is 30.8 Å². The Hall–Kier alpha value is -3.22. The highest BCUT2D eigenvalue weighted by Crippen LogP contribution is 2.28. The first-order chi connectivity index (χ1) is 19.4. The number of methoxy groups -OCH3 is 1. The van der Waals surface area contributed by atoms with E-state index >= 15 is 0 Å². The van der Waals surface area contributed by atoms with Crippen molar-refractivity contribution in [3.8, 4) is 11.5 Å². The van der Waals surface area contributed by atoms with E-state index in [0.29, 0.717) is 40.8 Å². The Morgan fingerprint density at radius 1 is 0.925 bits per heavy atom. The first-order valence-electron chi connectivity index (χ1n) is 13.8. The van der Waals surface area contributed by atoms with Crippen molar-refractivity contribution in [2.75, 3.05) is 13.7 Å². The zero-order valence-corrected chi connectivity index (χ0v) is 24.3. The zero-order valence-electron chi connectivity index (χ0n) is 22.8. The van der Waals surface area contributed by atoms with Gasteiger partial charge in [-0.05, 0) is 61.2 Å². The van der Waals surface area contributed by atoms with Crippen LogP contribution in [-0.4, -0.2) is 42.5 Å². The van der Waals surface area contributed by atoms with Crippen LogP contribution in [0.25, 0.3) is 0 Å². The van der Waals surface area contributed by atoms with Crippen molar-refractivity contribution >= 4 is 35.0 Å². The molecule has 1 aliphatic rings. The van der Waals surface area contributed by atoms with Gasteiger partial charge in [0, 0.05) is 41.0 Å². The summed E-state index contributed by atoms with van der Waals surface area (Å²) in [6.07, 6.45) is 5.18. The molecule has 6 nitrogen and oxygen atoms in total. The molecule has 0 radical (unpaired) electrons. The summed E-state index contributed by atoms with van der Waals surface area (Å²) in [6.45, 7) is 0.489. The van der Waals surface area contributed by atoms with Crippen LogP contribution in [0.5, 0.6) is 11.5 Å². The molecule has 8 heteroatoms. The van der Waals surface area contributed by atoms with Crippen molar-refractivity contribution in [3.05, 3.63) is 94.0 Å². The molecule has 1 atom stereocenters. The monoisotopic (exact) mass is 582 g/mol. The topological polar surface area (TPSA) is 67.9 Å². The molecule has 1 fully saturated rings. The Labute approximate surface area is 246 Å². The van der Waals surface area contributed by atoms with Crippen molar-refractivity contribution < 1.29 is 19.1 Å². The van der Waals surface area contributed by atoms with Crippen LogP contribution in [0.3, 0.4) is 0 Å². The third kappa shape index (κ3) is 8.39.